The molecule has 126 valence electrons. The molecule has 2 aromatic heterocycles. The summed E-state index contributed by atoms with van der Waals surface area (Å²) in [5.74, 6) is -0.359. The number of aryl methyl sites for hydroxylation is 1. The molecular weight excluding hydrogens is 320 g/mol. The summed E-state index contributed by atoms with van der Waals surface area (Å²) >= 11 is 0. The minimum atomic E-state index is -0.316. The van der Waals surface area contributed by atoms with Gasteiger partial charge in [-0.1, -0.05) is 12.1 Å². The van der Waals surface area contributed by atoms with E-state index in [2.05, 4.69) is 20.6 Å². The molecule has 0 saturated carbocycles. The standard InChI is InChI=1S/C18H16N4O3/c1-12-9-20-15(11-19-12)17(23)21-10-13-4-6-14(7-5-13)22-18(24)16-3-2-8-25-16/h2-9,11H,10H2,1H3,(H,21,23)(H,22,24). The predicted molar refractivity (Wildman–Crippen MR) is 91.0 cm³/mol. The number of furan rings is 1. The summed E-state index contributed by atoms with van der Waals surface area (Å²) in [5, 5.41) is 5.50. The number of carbonyl (C=O) groups is 2. The highest BCUT2D eigenvalue weighted by atomic mass is 16.3. The highest BCUT2D eigenvalue weighted by Crippen LogP contribution is 2.12. The number of carbonyl (C=O) groups excluding carboxylic acids is 2. The van der Waals surface area contributed by atoms with Crippen molar-refractivity contribution < 1.29 is 14.0 Å². The molecule has 0 aliphatic rings. The number of hydrogen-bond acceptors (Lipinski definition) is 5. The molecule has 0 spiro atoms. The number of anilines is 1. The van der Waals surface area contributed by atoms with Gasteiger partial charge in [0.25, 0.3) is 11.8 Å². The average molecular weight is 336 g/mol. The summed E-state index contributed by atoms with van der Waals surface area (Å²) in [5.41, 5.74) is 2.56. The zero-order valence-corrected chi connectivity index (χ0v) is 13.5. The predicted octanol–water partition coefficient (Wildman–Crippen LogP) is 2.56. The molecule has 1 aromatic carbocycles. The van der Waals surface area contributed by atoms with Gasteiger partial charge in [-0.15, -0.1) is 0 Å². The van der Waals surface area contributed by atoms with Gasteiger partial charge in [0, 0.05) is 18.4 Å². The van der Waals surface area contributed by atoms with Gasteiger partial charge in [-0.2, -0.15) is 0 Å². The van der Waals surface area contributed by atoms with Crippen LogP contribution in [0.25, 0.3) is 0 Å². The van der Waals surface area contributed by atoms with Gasteiger partial charge in [-0.25, -0.2) is 4.98 Å². The van der Waals surface area contributed by atoms with Crippen LogP contribution in [0, 0.1) is 6.92 Å². The molecule has 0 fully saturated rings. The van der Waals surface area contributed by atoms with Gasteiger partial charge in [-0.05, 0) is 36.8 Å². The third kappa shape index (κ3) is 4.29. The molecular formula is C18H16N4O3. The van der Waals surface area contributed by atoms with Crippen LogP contribution in [0.5, 0.6) is 0 Å². The Labute approximate surface area is 144 Å². The fourth-order valence-electron chi connectivity index (χ4n) is 2.09. The maximum atomic E-state index is 12.0. The van der Waals surface area contributed by atoms with Crippen molar-refractivity contribution >= 4 is 17.5 Å². The second-order valence-electron chi connectivity index (χ2n) is 5.35. The summed E-state index contributed by atoms with van der Waals surface area (Å²) in [6, 6.07) is 10.4. The second-order valence-corrected chi connectivity index (χ2v) is 5.35. The Morgan fingerprint density at radius 1 is 1.04 bits per heavy atom. The third-order valence-corrected chi connectivity index (χ3v) is 3.42. The first kappa shape index (κ1) is 16.4. The van der Waals surface area contributed by atoms with Crippen molar-refractivity contribution in [3.63, 3.8) is 0 Å². The molecule has 2 amide bonds. The van der Waals surface area contributed by atoms with Gasteiger partial charge in [0.15, 0.2) is 5.76 Å². The molecule has 2 heterocycles. The number of hydrogen-bond donors (Lipinski definition) is 2. The number of benzene rings is 1. The van der Waals surface area contributed by atoms with Crippen molar-refractivity contribution in [2.45, 2.75) is 13.5 Å². The first-order chi connectivity index (χ1) is 12.1. The summed E-state index contributed by atoms with van der Waals surface area (Å²) < 4.78 is 5.03. The van der Waals surface area contributed by atoms with Crippen LogP contribution in [-0.2, 0) is 6.54 Å². The van der Waals surface area contributed by atoms with Gasteiger partial charge < -0.3 is 15.1 Å². The van der Waals surface area contributed by atoms with Crippen molar-refractivity contribution in [2.24, 2.45) is 0 Å². The smallest absolute Gasteiger partial charge is 0.291 e. The third-order valence-electron chi connectivity index (χ3n) is 3.42. The van der Waals surface area contributed by atoms with Crippen molar-refractivity contribution in [1.29, 1.82) is 0 Å². The molecule has 25 heavy (non-hydrogen) atoms. The Morgan fingerprint density at radius 3 is 2.48 bits per heavy atom. The number of rotatable bonds is 5. The summed E-state index contributed by atoms with van der Waals surface area (Å²) in [6.45, 7) is 2.15. The molecule has 0 aliphatic heterocycles. The highest BCUT2D eigenvalue weighted by Gasteiger charge is 2.09. The van der Waals surface area contributed by atoms with E-state index in [0.717, 1.165) is 11.3 Å². The summed E-state index contributed by atoms with van der Waals surface area (Å²) in [7, 11) is 0. The molecule has 0 aliphatic carbocycles. The van der Waals surface area contributed by atoms with Gasteiger partial charge in [0.2, 0.25) is 0 Å². The zero-order chi connectivity index (χ0) is 17.6. The monoisotopic (exact) mass is 336 g/mol. The molecule has 2 N–H and O–H groups in total. The van der Waals surface area contributed by atoms with Crippen LogP contribution < -0.4 is 10.6 Å². The van der Waals surface area contributed by atoms with E-state index in [9.17, 15) is 9.59 Å². The molecule has 0 radical (unpaired) electrons. The minimum absolute atomic E-state index is 0.246. The lowest BCUT2D eigenvalue weighted by atomic mass is 10.2. The maximum absolute atomic E-state index is 12.0. The van der Waals surface area contributed by atoms with Crippen molar-refractivity contribution in [1.82, 2.24) is 15.3 Å². The molecule has 7 heteroatoms. The molecule has 0 unspecified atom stereocenters. The maximum Gasteiger partial charge on any atom is 0.291 e. The lowest BCUT2D eigenvalue weighted by molar-refractivity contribution is 0.0944. The lowest BCUT2D eigenvalue weighted by Gasteiger charge is -2.07. The molecule has 3 rings (SSSR count). The van der Waals surface area contributed by atoms with E-state index in [1.54, 1.807) is 37.4 Å². The van der Waals surface area contributed by atoms with E-state index >= 15 is 0 Å². The van der Waals surface area contributed by atoms with Crippen LogP contribution in [0.3, 0.4) is 0 Å². The van der Waals surface area contributed by atoms with Crippen molar-refractivity contribution in [3.05, 3.63) is 77.8 Å². The molecule has 7 nitrogen and oxygen atoms in total. The first-order valence-electron chi connectivity index (χ1n) is 7.62. The number of amides is 2. The lowest BCUT2D eigenvalue weighted by Crippen LogP contribution is -2.24. The van der Waals surface area contributed by atoms with Crippen LogP contribution in [0.2, 0.25) is 0 Å². The Kier molecular flexibility index (Phi) is 4.84. The van der Waals surface area contributed by atoms with Crippen LogP contribution in [0.4, 0.5) is 5.69 Å². The van der Waals surface area contributed by atoms with E-state index in [0.29, 0.717) is 12.2 Å². The normalized spacial score (nSPS) is 10.3. The van der Waals surface area contributed by atoms with E-state index < -0.39 is 0 Å². The van der Waals surface area contributed by atoms with Gasteiger partial charge in [0.05, 0.1) is 18.2 Å². The quantitative estimate of drug-likeness (QED) is 0.746. The number of nitrogens with zero attached hydrogens (tertiary/aromatic N) is 2. The first-order valence-corrected chi connectivity index (χ1v) is 7.62. The molecule has 0 saturated heterocycles. The van der Waals surface area contributed by atoms with E-state index in [-0.39, 0.29) is 23.3 Å². The van der Waals surface area contributed by atoms with Crippen LogP contribution in [0.15, 0.2) is 59.5 Å². The van der Waals surface area contributed by atoms with Gasteiger partial charge in [-0.3, -0.25) is 14.6 Å². The highest BCUT2D eigenvalue weighted by molar-refractivity contribution is 6.02. The van der Waals surface area contributed by atoms with E-state index in [1.165, 1.54) is 12.5 Å². The molecule has 0 atom stereocenters. The van der Waals surface area contributed by atoms with Gasteiger partial charge in [0.1, 0.15) is 5.69 Å². The Bertz CT molecular complexity index is 856. The minimum Gasteiger partial charge on any atom is -0.459 e. The molecule has 0 bridgehead atoms. The van der Waals surface area contributed by atoms with Crippen LogP contribution >= 0.6 is 0 Å². The van der Waals surface area contributed by atoms with Crippen molar-refractivity contribution in [2.75, 3.05) is 5.32 Å². The van der Waals surface area contributed by atoms with E-state index in [4.69, 9.17) is 4.42 Å². The van der Waals surface area contributed by atoms with E-state index in [1.807, 2.05) is 12.1 Å². The average Bonchev–Trinajstić information content (AvgIpc) is 3.16. The number of nitrogens with one attached hydrogen (secondary N) is 2. The summed E-state index contributed by atoms with van der Waals surface area (Å²) in [4.78, 5) is 31.9. The van der Waals surface area contributed by atoms with Crippen LogP contribution in [-0.4, -0.2) is 21.8 Å². The van der Waals surface area contributed by atoms with Crippen LogP contribution in [0.1, 0.15) is 32.3 Å². The Hall–Kier alpha value is -3.48. The van der Waals surface area contributed by atoms with Gasteiger partial charge >= 0.3 is 0 Å². The fourth-order valence-corrected chi connectivity index (χ4v) is 2.09. The Balaban J connectivity index is 1.54. The fraction of sp³-hybridized carbons (Fsp3) is 0.111. The topological polar surface area (TPSA) is 97.1 Å². The Morgan fingerprint density at radius 2 is 1.84 bits per heavy atom. The largest absolute Gasteiger partial charge is 0.459 e. The summed E-state index contributed by atoms with van der Waals surface area (Å²) in [6.07, 6.45) is 4.43. The molecule has 3 aromatic rings. The SMILES string of the molecule is Cc1cnc(C(=O)NCc2ccc(NC(=O)c3ccco3)cc2)cn1. The zero-order valence-electron chi connectivity index (χ0n) is 13.5. The second kappa shape index (κ2) is 7.39. The van der Waals surface area contributed by atoms with Crippen molar-refractivity contribution in [3.8, 4) is 0 Å². The number of aromatic nitrogens is 2.